The van der Waals surface area contributed by atoms with Crippen molar-refractivity contribution < 1.29 is 118 Å². The number of hydrogen-bond acceptors (Lipinski definition) is 6. The zero-order valence-corrected chi connectivity index (χ0v) is 17.0. The summed E-state index contributed by atoms with van der Waals surface area (Å²) in [6, 6.07) is 0. The minimum absolute atomic E-state index is 0. The zero-order valence-electron chi connectivity index (χ0n) is 8.29. The monoisotopic (exact) mass is 294 g/mol. The van der Waals surface area contributed by atoms with Gasteiger partial charge in [0.15, 0.2) is 0 Å². The normalized spacial score (nSPS) is 19.0. The second-order valence-corrected chi connectivity index (χ2v) is 3.54. The summed E-state index contributed by atoms with van der Waals surface area (Å²) in [4.78, 5) is 0. The van der Waals surface area contributed by atoms with Crippen molar-refractivity contribution in [2.75, 3.05) is 0 Å². The van der Waals surface area contributed by atoms with Crippen LogP contribution in [0, 0.1) is 0 Å². The van der Waals surface area contributed by atoms with Gasteiger partial charge in [0.25, 0.3) is 0 Å². The Kier molecular flexibility index (Phi) is 21.3. The van der Waals surface area contributed by atoms with Crippen LogP contribution in [0.25, 0.3) is 0 Å². The summed E-state index contributed by atoms with van der Waals surface area (Å²) in [5.74, 6) is 0. The molecule has 0 atom stereocenters. The maximum absolute atomic E-state index is 9.32. The van der Waals surface area contributed by atoms with Crippen molar-refractivity contribution in [1.29, 1.82) is 0 Å². The van der Waals surface area contributed by atoms with Crippen LogP contribution in [0.4, 0.5) is 0 Å². The molecule has 0 aromatic rings. The summed E-state index contributed by atoms with van der Waals surface area (Å²) in [6.45, 7) is 0. The molecule has 0 spiro atoms. The quantitative estimate of drug-likeness (QED) is 0.324. The van der Waals surface area contributed by atoms with Gasteiger partial charge in [-0.05, 0) is 0 Å². The third-order valence-electron chi connectivity index (χ3n) is 0.497. The molecule has 0 fully saturated rings. The molecule has 12 heteroatoms. The molecule has 3 rings (SSSR count). The molecular formula is C3Na3O6P3. The number of hydrogen-bond donors (Lipinski definition) is 0. The average Bonchev–Trinajstić information content (AvgIpc) is 2.63. The fraction of sp³-hybridized carbons (Fsp3) is 0. The van der Waals surface area contributed by atoms with Crippen molar-refractivity contribution >= 4 is 42.3 Å². The largest absolute Gasteiger partial charge is 1.00 e. The first kappa shape index (κ1) is 23.4. The molecule has 0 saturated heterocycles. The van der Waals surface area contributed by atoms with E-state index < -0.39 is 0 Å². The first-order valence-corrected chi connectivity index (χ1v) is 4.88. The summed E-state index contributed by atoms with van der Waals surface area (Å²) in [5.41, 5.74) is -0.333. The Morgan fingerprint density at radius 2 is 0.667 bits per heavy atom. The Hall–Kier alpha value is 3.27. The van der Waals surface area contributed by atoms with Gasteiger partial charge in [-0.2, -0.15) is 0 Å². The Labute approximate surface area is 157 Å². The van der Waals surface area contributed by atoms with E-state index in [1.807, 2.05) is 0 Å². The van der Waals surface area contributed by atoms with E-state index in [2.05, 4.69) is 13.6 Å². The SMILES string of the molecule is [Na+].[Na+].[Na+].[O-]C1=PO1.[O-]C1=PO1.[O-]C1=PO1. The molecule has 0 aromatic heterocycles. The van der Waals surface area contributed by atoms with Gasteiger partial charge < -0.3 is 28.9 Å². The maximum Gasteiger partial charge on any atom is 1.00 e. The number of rotatable bonds is 0. The second kappa shape index (κ2) is 13.7. The molecule has 0 aromatic carbocycles. The Balaban J connectivity index is -0.000000131. The molecule has 0 unspecified atom stereocenters. The van der Waals surface area contributed by atoms with Crippen LogP contribution in [0.5, 0.6) is 0 Å². The van der Waals surface area contributed by atoms with Crippen LogP contribution in [-0.4, -0.2) is 17.0 Å². The van der Waals surface area contributed by atoms with Crippen LogP contribution in [0.2, 0.25) is 0 Å². The van der Waals surface area contributed by atoms with Crippen molar-refractivity contribution in [2.24, 2.45) is 0 Å². The van der Waals surface area contributed by atoms with Gasteiger partial charge in [-0.3, -0.25) is 0 Å². The molecular weight excluding hydrogens is 294 g/mol. The molecule has 66 valence electrons. The van der Waals surface area contributed by atoms with Gasteiger partial charge in [-0.1, -0.05) is 0 Å². The van der Waals surface area contributed by atoms with E-state index in [1.54, 1.807) is 0 Å². The van der Waals surface area contributed by atoms with Crippen molar-refractivity contribution in [1.82, 2.24) is 0 Å². The van der Waals surface area contributed by atoms with E-state index in [-0.39, 0.29) is 106 Å². The summed E-state index contributed by atoms with van der Waals surface area (Å²) < 4.78 is 12.1. The first-order chi connectivity index (χ1) is 5.68. The Bertz CT molecular complexity index is 225. The molecule has 6 nitrogen and oxygen atoms in total. The van der Waals surface area contributed by atoms with Gasteiger partial charge in [-0.15, -0.1) is 0 Å². The van der Waals surface area contributed by atoms with E-state index in [9.17, 15) is 15.3 Å². The van der Waals surface area contributed by atoms with Crippen LogP contribution >= 0.6 is 25.3 Å². The topological polar surface area (TPSA) is 107 Å². The van der Waals surface area contributed by atoms with Gasteiger partial charge in [-0.25, -0.2) is 0 Å². The molecule has 0 N–H and O–H groups in total. The minimum Gasteiger partial charge on any atom is -0.802 e. The average molecular weight is 294 g/mol. The van der Waals surface area contributed by atoms with Crippen molar-refractivity contribution in [3.63, 3.8) is 0 Å². The zero-order chi connectivity index (χ0) is 8.97. The fourth-order valence-electron chi connectivity index (χ4n) is 0.0559. The fourth-order valence-corrected chi connectivity index (χ4v) is 0.168. The maximum atomic E-state index is 9.32. The second-order valence-electron chi connectivity index (χ2n) is 1.35. The molecule has 0 saturated carbocycles. The van der Waals surface area contributed by atoms with Gasteiger partial charge in [0.2, 0.25) is 0 Å². The van der Waals surface area contributed by atoms with E-state index >= 15 is 0 Å². The van der Waals surface area contributed by atoms with Crippen LogP contribution in [0.1, 0.15) is 0 Å². The third kappa shape index (κ3) is 26.7. The van der Waals surface area contributed by atoms with E-state index in [0.29, 0.717) is 25.3 Å². The summed E-state index contributed by atoms with van der Waals surface area (Å²) >= 11 is 0. The van der Waals surface area contributed by atoms with Crippen LogP contribution < -0.4 is 104 Å². The minimum atomic E-state index is -0.111. The summed E-state index contributed by atoms with van der Waals surface area (Å²) in [6.07, 6.45) is 0. The van der Waals surface area contributed by atoms with E-state index in [0.717, 1.165) is 0 Å². The Morgan fingerprint density at radius 1 is 0.600 bits per heavy atom. The van der Waals surface area contributed by atoms with Gasteiger partial charge >= 0.3 is 88.7 Å². The first-order valence-electron chi connectivity index (χ1n) is 2.44. The summed E-state index contributed by atoms with van der Waals surface area (Å²) in [5, 5.41) is 28.0. The van der Waals surface area contributed by atoms with Gasteiger partial charge in [0.1, 0.15) is 0 Å². The van der Waals surface area contributed by atoms with Crippen molar-refractivity contribution in [3.8, 4) is 0 Å². The van der Waals surface area contributed by atoms with E-state index in [4.69, 9.17) is 0 Å². The molecule has 0 radical (unpaired) electrons. The molecule has 0 amide bonds. The van der Waals surface area contributed by atoms with Gasteiger partial charge in [0.05, 0.1) is 25.3 Å². The van der Waals surface area contributed by atoms with E-state index in [1.165, 1.54) is 0 Å². The van der Waals surface area contributed by atoms with Crippen LogP contribution in [-0.2, 0) is 13.6 Å². The van der Waals surface area contributed by atoms with Crippen molar-refractivity contribution in [3.05, 3.63) is 0 Å². The smallest absolute Gasteiger partial charge is 0.802 e. The molecule has 0 aliphatic carbocycles. The predicted molar refractivity (Wildman–Crippen MR) is 39.0 cm³/mol. The Morgan fingerprint density at radius 3 is 0.667 bits per heavy atom. The third-order valence-corrected chi connectivity index (χ3v) is 1.49. The van der Waals surface area contributed by atoms with Crippen molar-refractivity contribution in [2.45, 2.75) is 0 Å². The standard InChI is InChI=1S/3CHO2P.3Na/c3*2-1-3-4-1;;;/h3*2H;;;/q;;;3*+1/p-3. The van der Waals surface area contributed by atoms with Crippen LogP contribution in [0.3, 0.4) is 0 Å². The molecule has 15 heavy (non-hydrogen) atoms. The molecule has 3 heterocycles. The molecule has 3 aliphatic heterocycles. The summed E-state index contributed by atoms with van der Waals surface area (Å²) in [7, 11) is 1.58. The molecule has 0 bridgehead atoms. The predicted octanol–water partition coefficient (Wildman–Crippen LogP) is -11.0. The van der Waals surface area contributed by atoms with Crippen LogP contribution in [0.15, 0.2) is 0 Å². The van der Waals surface area contributed by atoms with Gasteiger partial charge in [0, 0.05) is 17.0 Å². The molecule has 3 aliphatic rings.